The molecule has 0 spiro atoms. The molecule has 0 aliphatic carbocycles. The molecule has 0 heterocycles. The molecule has 0 saturated carbocycles. The highest BCUT2D eigenvalue weighted by molar-refractivity contribution is 9.10. The third-order valence-corrected chi connectivity index (χ3v) is 4.70. The normalized spacial score (nSPS) is 12.5. The van der Waals surface area contributed by atoms with E-state index in [4.69, 9.17) is 0 Å². The molecule has 1 atom stereocenters. The number of rotatable bonds is 3. The quantitative estimate of drug-likeness (QED) is 0.695. The van der Waals surface area contributed by atoms with Gasteiger partial charge in [0.1, 0.15) is 0 Å². The minimum atomic E-state index is -0.474. The summed E-state index contributed by atoms with van der Waals surface area (Å²) in [4.78, 5) is 0. The Morgan fingerprint density at radius 3 is 2.48 bits per heavy atom. The highest BCUT2D eigenvalue weighted by atomic mass is 79.9. The second-order valence-electron chi connectivity index (χ2n) is 5.41. The SMILES string of the molecule is Cc1cc(C(O)Cc2ccc3ccccc3c2)ccc1Br. The Kier molecular flexibility index (Phi) is 4.09. The van der Waals surface area contributed by atoms with E-state index in [1.165, 1.54) is 10.8 Å². The van der Waals surface area contributed by atoms with Gasteiger partial charge in [-0.3, -0.25) is 0 Å². The number of aryl methyl sites for hydroxylation is 1. The molecule has 106 valence electrons. The first-order chi connectivity index (χ1) is 10.1. The molecule has 0 fully saturated rings. The van der Waals surface area contributed by atoms with Crippen LogP contribution in [0.3, 0.4) is 0 Å². The summed E-state index contributed by atoms with van der Waals surface area (Å²) in [5.74, 6) is 0. The lowest BCUT2D eigenvalue weighted by molar-refractivity contribution is 0.178. The standard InChI is InChI=1S/C19H17BrO/c1-13-10-17(8-9-18(13)20)19(21)12-14-6-7-15-4-2-3-5-16(15)11-14/h2-11,19,21H,12H2,1H3. The number of benzene rings is 3. The highest BCUT2D eigenvalue weighted by Crippen LogP contribution is 2.25. The van der Waals surface area contributed by atoms with Gasteiger partial charge >= 0.3 is 0 Å². The minimum Gasteiger partial charge on any atom is -0.388 e. The van der Waals surface area contributed by atoms with Crippen LogP contribution >= 0.6 is 15.9 Å². The van der Waals surface area contributed by atoms with Gasteiger partial charge in [0.2, 0.25) is 0 Å². The summed E-state index contributed by atoms with van der Waals surface area (Å²) in [7, 11) is 0. The maximum Gasteiger partial charge on any atom is 0.0830 e. The number of hydrogen-bond donors (Lipinski definition) is 1. The Morgan fingerprint density at radius 2 is 1.71 bits per heavy atom. The van der Waals surface area contributed by atoms with Crippen molar-refractivity contribution in [2.75, 3.05) is 0 Å². The van der Waals surface area contributed by atoms with Crippen LogP contribution in [0, 0.1) is 6.92 Å². The van der Waals surface area contributed by atoms with Gasteiger partial charge in [0.05, 0.1) is 6.10 Å². The molecule has 1 N–H and O–H groups in total. The van der Waals surface area contributed by atoms with E-state index >= 15 is 0 Å². The Morgan fingerprint density at radius 1 is 0.952 bits per heavy atom. The number of hydrogen-bond acceptors (Lipinski definition) is 1. The van der Waals surface area contributed by atoms with Crippen molar-refractivity contribution in [1.29, 1.82) is 0 Å². The van der Waals surface area contributed by atoms with Crippen LogP contribution in [-0.4, -0.2) is 5.11 Å². The van der Waals surface area contributed by atoms with E-state index < -0.39 is 6.10 Å². The zero-order valence-corrected chi connectivity index (χ0v) is 13.5. The lowest BCUT2D eigenvalue weighted by Crippen LogP contribution is -2.02. The third-order valence-electron chi connectivity index (χ3n) is 3.81. The van der Waals surface area contributed by atoms with Crippen LogP contribution in [-0.2, 0) is 6.42 Å². The predicted octanol–water partition coefficient (Wildman–Crippen LogP) is 5.19. The molecule has 2 heteroatoms. The Hall–Kier alpha value is -1.64. The molecule has 0 amide bonds. The monoisotopic (exact) mass is 340 g/mol. The smallest absolute Gasteiger partial charge is 0.0830 e. The largest absolute Gasteiger partial charge is 0.388 e. The molecule has 1 unspecified atom stereocenters. The van der Waals surface area contributed by atoms with Gasteiger partial charge in [-0.1, -0.05) is 70.5 Å². The fourth-order valence-corrected chi connectivity index (χ4v) is 2.83. The van der Waals surface area contributed by atoms with Gasteiger partial charge in [0, 0.05) is 10.9 Å². The van der Waals surface area contributed by atoms with Crippen LogP contribution in [0.4, 0.5) is 0 Å². The van der Waals surface area contributed by atoms with Crippen molar-refractivity contribution in [2.45, 2.75) is 19.4 Å². The first-order valence-corrected chi connectivity index (χ1v) is 7.84. The summed E-state index contributed by atoms with van der Waals surface area (Å²) < 4.78 is 1.07. The minimum absolute atomic E-state index is 0.474. The fourth-order valence-electron chi connectivity index (χ4n) is 2.58. The number of fused-ring (bicyclic) bond motifs is 1. The first-order valence-electron chi connectivity index (χ1n) is 7.05. The van der Waals surface area contributed by atoms with Crippen LogP contribution in [0.1, 0.15) is 22.8 Å². The lowest BCUT2D eigenvalue weighted by atomic mass is 9.98. The van der Waals surface area contributed by atoms with Gasteiger partial charge in [0.15, 0.2) is 0 Å². The zero-order valence-electron chi connectivity index (χ0n) is 11.9. The molecular weight excluding hydrogens is 324 g/mol. The summed E-state index contributed by atoms with van der Waals surface area (Å²) in [5, 5.41) is 12.9. The summed E-state index contributed by atoms with van der Waals surface area (Å²) in [6.45, 7) is 2.04. The van der Waals surface area contributed by atoms with Crippen LogP contribution in [0.5, 0.6) is 0 Å². The van der Waals surface area contributed by atoms with E-state index in [1.807, 2.05) is 37.3 Å². The maximum atomic E-state index is 10.4. The molecule has 21 heavy (non-hydrogen) atoms. The Bertz CT molecular complexity index is 779. The topological polar surface area (TPSA) is 20.2 Å². The van der Waals surface area contributed by atoms with E-state index in [-0.39, 0.29) is 0 Å². The van der Waals surface area contributed by atoms with Crippen LogP contribution in [0.15, 0.2) is 65.1 Å². The lowest BCUT2D eigenvalue weighted by Gasteiger charge is -2.13. The molecule has 1 nitrogen and oxygen atoms in total. The van der Waals surface area contributed by atoms with Crippen molar-refractivity contribution >= 4 is 26.7 Å². The van der Waals surface area contributed by atoms with Gasteiger partial charge in [-0.2, -0.15) is 0 Å². The average molecular weight is 341 g/mol. The molecule has 0 aliphatic rings. The second-order valence-corrected chi connectivity index (χ2v) is 6.26. The van der Waals surface area contributed by atoms with Crippen molar-refractivity contribution in [1.82, 2.24) is 0 Å². The molecule has 0 radical (unpaired) electrons. The van der Waals surface area contributed by atoms with Gasteiger partial charge in [-0.25, -0.2) is 0 Å². The summed E-state index contributed by atoms with van der Waals surface area (Å²) >= 11 is 3.49. The van der Waals surface area contributed by atoms with Crippen molar-refractivity contribution in [3.63, 3.8) is 0 Å². The fraction of sp³-hybridized carbons (Fsp3) is 0.158. The maximum absolute atomic E-state index is 10.4. The number of aliphatic hydroxyl groups is 1. The average Bonchev–Trinajstić information content (AvgIpc) is 2.50. The molecule has 3 aromatic rings. The summed E-state index contributed by atoms with van der Waals surface area (Å²) in [5.41, 5.74) is 3.26. The summed E-state index contributed by atoms with van der Waals surface area (Å²) in [6.07, 6.45) is 0.157. The molecule has 3 rings (SSSR count). The Labute approximate surface area is 133 Å². The Balaban J connectivity index is 1.85. The third kappa shape index (κ3) is 3.17. The van der Waals surface area contributed by atoms with E-state index in [0.29, 0.717) is 6.42 Å². The number of aliphatic hydroxyl groups excluding tert-OH is 1. The van der Waals surface area contributed by atoms with Gasteiger partial charge < -0.3 is 5.11 Å². The van der Waals surface area contributed by atoms with Crippen molar-refractivity contribution in [3.8, 4) is 0 Å². The van der Waals surface area contributed by atoms with Gasteiger partial charge in [-0.05, 0) is 40.5 Å². The molecule has 3 aromatic carbocycles. The highest BCUT2D eigenvalue weighted by Gasteiger charge is 2.10. The summed E-state index contributed by atoms with van der Waals surface area (Å²) in [6, 6.07) is 20.7. The second kappa shape index (κ2) is 6.00. The molecule has 0 saturated heterocycles. The number of halogens is 1. The zero-order chi connectivity index (χ0) is 14.8. The van der Waals surface area contributed by atoms with Crippen LogP contribution in [0.2, 0.25) is 0 Å². The first kappa shape index (κ1) is 14.3. The van der Waals surface area contributed by atoms with Crippen molar-refractivity contribution < 1.29 is 5.11 Å². The van der Waals surface area contributed by atoms with E-state index in [9.17, 15) is 5.11 Å². The van der Waals surface area contributed by atoms with Gasteiger partial charge in [0.25, 0.3) is 0 Å². The van der Waals surface area contributed by atoms with Gasteiger partial charge in [-0.15, -0.1) is 0 Å². The van der Waals surface area contributed by atoms with E-state index in [1.54, 1.807) is 0 Å². The molecule has 0 aromatic heterocycles. The molecule has 0 aliphatic heterocycles. The van der Waals surface area contributed by atoms with E-state index in [0.717, 1.165) is 21.2 Å². The van der Waals surface area contributed by atoms with Crippen LogP contribution < -0.4 is 0 Å². The predicted molar refractivity (Wildman–Crippen MR) is 91.5 cm³/mol. The molecular formula is C19H17BrO. The van der Waals surface area contributed by atoms with Crippen molar-refractivity contribution in [2.24, 2.45) is 0 Å². The van der Waals surface area contributed by atoms with Crippen LogP contribution in [0.25, 0.3) is 10.8 Å². The van der Waals surface area contributed by atoms with E-state index in [2.05, 4.69) is 46.3 Å². The molecule has 0 bridgehead atoms. The van der Waals surface area contributed by atoms with Crippen molar-refractivity contribution in [3.05, 3.63) is 81.8 Å².